The van der Waals surface area contributed by atoms with Crippen LogP contribution in [0.3, 0.4) is 0 Å². The first-order chi connectivity index (χ1) is 8.72. The van der Waals surface area contributed by atoms with Gasteiger partial charge in [0.25, 0.3) is 0 Å². The number of Topliss-reactive ketones (excluding diaryl/α,β-unsaturated/α-hetero) is 1. The van der Waals surface area contributed by atoms with Crippen molar-refractivity contribution < 1.29 is 9.69 Å². The summed E-state index contributed by atoms with van der Waals surface area (Å²) in [4.78, 5) is 14.4. The van der Waals surface area contributed by atoms with Gasteiger partial charge in [0.05, 0.1) is 19.0 Å². The van der Waals surface area contributed by atoms with Crippen LogP contribution in [0.25, 0.3) is 0 Å². The third-order valence-corrected chi connectivity index (χ3v) is 6.72. The zero-order chi connectivity index (χ0) is 12.3. The molecule has 1 unspecified atom stereocenters. The molecular weight excluding hydrogens is 222 g/mol. The molecule has 6 atom stereocenters. The first-order valence-corrected chi connectivity index (χ1v) is 8.09. The highest BCUT2D eigenvalue weighted by Gasteiger charge is 2.65. The van der Waals surface area contributed by atoms with Crippen LogP contribution in [0, 0.1) is 23.7 Å². The van der Waals surface area contributed by atoms with Gasteiger partial charge < -0.3 is 4.90 Å². The minimum Gasteiger partial charge on any atom is -0.329 e. The summed E-state index contributed by atoms with van der Waals surface area (Å²) in [5, 5.41) is 0. The quantitative estimate of drug-likeness (QED) is 0.688. The van der Waals surface area contributed by atoms with Gasteiger partial charge in [-0.3, -0.25) is 4.79 Å². The number of rotatable bonds is 0. The molecule has 2 aliphatic heterocycles. The van der Waals surface area contributed by atoms with Gasteiger partial charge in [0.1, 0.15) is 11.3 Å². The van der Waals surface area contributed by atoms with E-state index in [1.54, 1.807) is 0 Å². The van der Waals surface area contributed by atoms with E-state index in [9.17, 15) is 4.79 Å². The summed E-state index contributed by atoms with van der Waals surface area (Å²) >= 11 is 0. The monoisotopic (exact) mass is 248 g/mol. The number of piperidine rings is 2. The van der Waals surface area contributed by atoms with Crippen LogP contribution in [-0.4, -0.2) is 24.4 Å². The molecule has 0 aromatic rings. The van der Waals surface area contributed by atoms with Crippen molar-refractivity contribution in [3.8, 4) is 0 Å². The molecule has 4 aliphatic rings. The Morgan fingerprint density at radius 1 is 1.22 bits per heavy atom. The zero-order valence-electron chi connectivity index (χ0n) is 11.6. The first kappa shape index (κ1) is 11.5. The van der Waals surface area contributed by atoms with Crippen LogP contribution in [0.1, 0.15) is 51.9 Å². The highest BCUT2D eigenvalue weighted by atomic mass is 16.1. The standard InChI is InChI=1S/C16H25NO/c1-11-8-12-9-15(18)14-5-3-7-17-6-2-4-13(12)16(14,17)10-11/h11-14H,2-10H2,1H3/p+1/t11-,12+,13-,14-,16-/m1/s1. The van der Waals surface area contributed by atoms with Gasteiger partial charge in [0.15, 0.2) is 0 Å². The van der Waals surface area contributed by atoms with Crippen LogP contribution in [0.4, 0.5) is 0 Å². The number of hydrogen-bond donors (Lipinski definition) is 1. The summed E-state index contributed by atoms with van der Waals surface area (Å²) in [6.07, 6.45) is 8.93. The van der Waals surface area contributed by atoms with Crippen LogP contribution in [0.2, 0.25) is 0 Å². The van der Waals surface area contributed by atoms with Gasteiger partial charge in [-0.2, -0.15) is 0 Å². The number of quaternary nitrogens is 1. The molecule has 2 bridgehead atoms. The predicted octanol–water partition coefficient (Wildman–Crippen LogP) is 1.45. The van der Waals surface area contributed by atoms with Crippen LogP contribution >= 0.6 is 0 Å². The highest BCUT2D eigenvalue weighted by Crippen LogP contribution is 2.53. The molecule has 4 fully saturated rings. The molecule has 4 rings (SSSR count). The van der Waals surface area contributed by atoms with E-state index in [1.165, 1.54) is 51.6 Å². The van der Waals surface area contributed by atoms with E-state index in [0.717, 1.165) is 24.2 Å². The molecule has 0 amide bonds. The molecule has 2 heteroatoms. The molecule has 0 radical (unpaired) electrons. The Balaban J connectivity index is 1.82. The van der Waals surface area contributed by atoms with Crippen molar-refractivity contribution in [2.24, 2.45) is 23.7 Å². The molecule has 1 N–H and O–H groups in total. The van der Waals surface area contributed by atoms with Gasteiger partial charge in [-0.15, -0.1) is 0 Å². The minimum absolute atomic E-state index is 0.397. The van der Waals surface area contributed by atoms with Crippen LogP contribution in [0.15, 0.2) is 0 Å². The summed E-state index contributed by atoms with van der Waals surface area (Å²) in [6.45, 7) is 5.13. The smallest absolute Gasteiger partial charge is 0.142 e. The largest absolute Gasteiger partial charge is 0.329 e. The minimum atomic E-state index is 0.397. The molecule has 2 nitrogen and oxygen atoms in total. The fraction of sp³-hybridized carbons (Fsp3) is 0.938. The Morgan fingerprint density at radius 3 is 2.83 bits per heavy atom. The van der Waals surface area contributed by atoms with E-state index < -0.39 is 0 Å². The second-order valence-electron chi connectivity index (χ2n) is 7.56. The van der Waals surface area contributed by atoms with Crippen molar-refractivity contribution in [2.75, 3.05) is 13.1 Å². The molecule has 100 valence electrons. The second-order valence-corrected chi connectivity index (χ2v) is 7.56. The third-order valence-electron chi connectivity index (χ3n) is 6.72. The lowest BCUT2D eigenvalue weighted by atomic mass is 9.48. The van der Waals surface area contributed by atoms with E-state index in [-0.39, 0.29) is 0 Å². The van der Waals surface area contributed by atoms with Gasteiger partial charge in [0.2, 0.25) is 0 Å². The lowest BCUT2D eigenvalue weighted by Crippen LogP contribution is -3.25. The lowest BCUT2D eigenvalue weighted by Gasteiger charge is -2.62. The van der Waals surface area contributed by atoms with Crippen LogP contribution < -0.4 is 4.90 Å². The molecule has 2 saturated carbocycles. The molecule has 2 heterocycles. The molecule has 2 aliphatic carbocycles. The molecule has 2 saturated heterocycles. The summed E-state index contributed by atoms with van der Waals surface area (Å²) in [6, 6.07) is 0. The maximum absolute atomic E-state index is 12.6. The Kier molecular flexibility index (Phi) is 2.43. The molecule has 0 aromatic carbocycles. The Hall–Kier alpha value is -0.370. The average molecular weight is 248 g/mol. The fourth-order valence-electron chi connectivity index (χ4n) is 6.44. The van der Waals surface area contributed by atoms with E-state index >= 15 is 0 Å². The number of hydrogen-bond acceptors (Lipinski definition) is 1. The third kappa shape index (κ3) is 1.31. The summed E-state index contributed by atoms with van der Waals surface area (Å²) in [7, 11) is 0. The lowest BCUT2D eigenvalue weighted by molar-refractivity contribution is -0.975. The maximum Gasteiger partial charge on any atom is 0.142 e. The SMILES string of the molecule is C[C@@H]1C[C@H]2CC(=O)[C@H]3CCC[NH+]4CCC[C@H]2[C@]34C1. The van der Waals surface area contributed by atoms with E-state index in [0.29, 0.717) is 17.2 Å². The van der Waals surface area contributed by atoms with Gasteiger partial charge >= 0.3 is 0 Å². The molecule has 1 spiro atoms. The van der Waals surface area contributed by atoms with Gasteiger partial charge in [-0.25, -0.2) is 0 Å². The van der Waals surface area contributed by atoms with Crippen molar-refractivity contribution in [2.45, 2.75) is 57.4 Å². The van der Waals surface area contributed by atoms with Crippen molar-refractivity contribution in [3.63, 3.8) is 0 Å². The van der Waals surface area contributed by atoms with E-state index in [4.69, 9.17) is 0 Å². The normalized spacial score (nSPS) is 54.9. The fourth-order valence-corrected chi connectivity index (χ4v) is 6.44. The number of carbonyl (C=O) groups is 1. The predicted molar refractivity (Wildman–Crippen MR) is 70.4 cm³/mol. The molecule has 0 aromatic heterocycles. The second kappa shape index (κ2) is 3.82. The summed E-state index contributed by atoms with van der Waals surface area (Å²) in [5.74, 6) is 3.56. The Morgan fingerprint density at radius 2 is 2.00 bits per heavy atom. The molecular formula is C16H26NO+. The summed E-state index contributed by atoms with van der Waals surface area (Å²) in [5.41, 5.74) is 0.397. The van der Waals surface area contributed by atoms with Crippen LogP contribution in [-0.2, 0) is 4.79 Å². The van der Waals surface area contributed by atoms with E-state index in [2.05, 4.69) is 6.92 Å². The average Bonchev–Trinajstić information content (AvgIpc) is 2.33. The topological polar surface area (TPSA) is 21.5 Å². The van der Waals surface area contributed by atoms with Crippen molar-refractivity contribution >= 4 is 5.78 Å². The Bertz CT molecular complexity index is 377. The van der Waals surface area contributed by atoms with Crippen molar-refractivity contribution in [1.29, 1.82) is 0 Å². The van der Waals surface area contributed by atoms with Crippen molar-refractivity contribution in [3.05, 3.63) is 0 Å². The van der Waals surface area contributed by atoms with Crippen molar-refractivity contribution in [1.82, 2.24) is 0 Å². The Labute approximate surface area is 110 Å². The first-order valence-electron chi connectivity index (χ1n) is 8.09. The summed E-state index contributed by atoms with van der Waals surface area (Å²) < 4.78 is 0. The van der Waals surface area contributed by atoms with E-state index in [1.807, 2.05) is 4.90 Å². The zero-order valence-corrected chi connectivity index (χ0v) is 11.6. The number of carbonyl (C=O) groups excluding carboxylic acids is 1. The van der Waals surface area contributed by atoms with Gasteiger partial charge in [-0.1, -0.05) is 6.92 Å². The van der Waals surface area contributed by atoms with Gasteiger partial charge in [-0.05, 0) is 43.9 Å². The highest BCUT2D eigenvalue weighted by molar-refractivity contribution is 5.84. The van der Waals surface area contributed by atoms with Gasteiger partial charge in [0, 0.05) is 18.8 Å². The number of ketones is 1. The molecule has 18 heavy (non-hydrogen) atoms. The number of nitrogens with one attached hydrogen (secondary N) is 1. The van der Waals surface area contributed by atoms with Crippen LogP contribution in [0.5, 0.6) is 0 Å². The maximum atomic E-state index is 12.6.